The number of phenolic OH excluding ortho intramolecular Hbond substituents is 1. The molecule has 32 heavy (non-hydrogen) atoms. The van der Waals surface area contributed by atoms with E-state index in [0.29, 0.717) is 18.9 Å². The Hall–Kier alpha value is -2.95. The topological polar surface area (TPSA) is 59.3 Å². The van der Waals surface area contributed by atoms with E-state index in [-0.39, 0.29) is 10.8 Å². The second-order valence-corrected chi connectivity index (χ2v) is 10.4. The fraction of sp³-hybridized carbons (Fsp3) is 0.444. The van der Waals surface area contributed by atoms with Gasteiger partial charge in [-0.1, -0.05) is 41.5 Å². The molecule has 5 heteroatoms. The number of aromatic hydroxyl groups is 1. The third kappa shape index (κ3) is 5.09. The number of phenols is 1. The Morgan fingerprint density at radius 3 is 2.03 bits per heavy atom. The van der Waals surface area contributed by atoms with Crippen LogP contribution < -0.4 is 10.1 Å². The number of nitrogens with zero attached hydrogens (tertiary/aromatic N) is 2. The molecular weight excluding hydrogens is 398 g/mol. The molecule has 3 rings (SSSR count). The lowest BCUT2D eigenvalue weighted by Crippen LogP contribution is -2.18. The largest absolute Gasteiger partial charge is 0.507 e. The van der Waals surface area contributed by atoms with Crippen molar-refractivity contribution in [3.8, 4) is 22.8 Å². The molecule has 0 unspecified atom stereocenters. The zero-order valence-corrected chi connectivity index (χ0v) is 20.7. The first-order chi connectivity index (χ1) is 14.9. The van der Waals surface area contributed by atoms with Gasteiger partial charge in [0, 0.05) is 19.2 Å². The van der Waals surface area contributed by atoms with Crippen LogP contribution in [-0.2, 0) is 24.4 Å². The standard InChI is InChI=1S/C27H37N3O2/c1-9-32-20-12-10-19(11-13-20)23-17-29-25(30(23)8)28-16-18-14-21(26(2,3)4)24(31)22(15-18)27(5,6)7/h10-15,17,31H,9,16H2,1-8H3,(H,28,29). The number of imidazole rings is 1. The highest BCUT2D eigenvalue weighted by Gasteiger charge is 2.26. The Morgan fingerprint density at radius 2 is 1.53 bits per heavy atom. The fourth-order valence-electron chi connectivity index (χ4n) is 3.85. The van der Waals surface area contributed by atoms with E-state index >= 15 is 0 Å². The third-order valence-corrected chi connectivity index (χ3v) is 5.69. The zero-order chi connectivity index (χ0) is 23.7. The third-order valence-electron chi connectivity index (χ3n) is 5.69. The van der Waals surface area contributed by atoms with E-state index in [4.69, 9.17) is 4.74 Å². The molecule has 1 heterocycles. The molecule has 0 saturated heterocycles. The molecule has 1 aromatic heterocycles. The number of rotatable bonds is 6. The second kappa shape index (κ2) is 8.89. The maximum absolute atomic E-state index is 11.0. The molecule has 0 bridgehead atoms. The van der Waals surface area contributed by atoms with Crippen LogP contribution in [0.25, 0.3) is 11.3 Å². The van der Waals surface area contributed by atoms with Crippen molar-refractivity contribution in [1.29, 1.82) is 0 Å². The van der Waals surface area contributed by atoms with Gasteiger partial charge >= 0.3 is 0 Å². The normalized spacial score (nSPS) is 12.1. The first kappa shape index (κ1) is 23.7. The highest BCUT2D eigenvalue weighted by molar-refractivity contribution is 5.62. The van der Waals surface area contributed by atoms with Gasteiger partial charge < -0.3 is 19.7 Å². The smallest absolute Gasteiger partial charge is 0.203 e. The molecule has 3 aromatic rings. The Kier molecular flexibility index (Phi) is 6.59. The number of anilines is 1. The Bertz CT molecular complexity index is 1030. The van der Waals surface area contributed by atoms with Gasteiger partial charge in [-0.15, -0.1) is 0 Å². The number of ether oxygens (including phenoxy) is 1. The minimum Gasteiger partial charge on any atom is -0.507 e. The average molecular weight is 436 g/mol. The van der Waals surface area contributed by atoms with E-state index in [9.17, 15) is 5.11 Å². The van der Waals surface area contributed by atoms with Crippen molar-refractivity contribution >= 4 is 5.95 Å². The molecular formula is C27H37N3O2. The summed E-state index contributed by atoms with van der Waals surface area (Å²) in [6.07, 6.45) is 1.88. The first-order valence-electron chi connectivity index (χ1n) is 11.3. The van der Waals surface area contributed by atoms with Gasteiger partial charge in [0.1, 0.15) is 11.5 Å². The van der Waals surface area contributed by atoms with Crippen molar-refractivity contribution in [3.05, 3.63) is 59.3 Å². The lowest BCUT2D eigenvalue weighted by molar-refractivity contribution is 0.340. The molecule has 5 nitrogen and oxygen atoms in total. The molecule has 0 aliphatic heterocycles. The molecule has 2 N–H and O–H groups in total. The number of nitrogens with one attached hydrogen (secondary N) is 1. The predicted octanol–water partition coefficient (Wildman–Crippen LogP) is 6.40. The summed E-state index contributed by atoms with van der Waals surface area (Å²) in [5.74, 6) is 2.08. The average Bonchev–Trinajstić information content (AvgIpc) is 3.06. The van der Waals surface area contributed by atoms with Gasteiger partial charge in [-0.2, -0.15) is 0 Å². The van der Waals surface area contributed by atoms with Crippen LogP contribution >= 0.6 is 0 Å². The van der Waals surface area contributed by atoms with Crippen LogP contribution in [0.15, 0.2) is 42.6 Å². The van der Waals surface area contributed by atoms with Crippen LogP contribution in [0.1, 0.15) is 65.2 Å². The Labute approximate surface area is 192 Å². The van der Waals surface area contributed by atoms with Crippen molar-refractivity contribution in [2.24, 2.45) is 7.05 Å². The fourth-order valence-corrected chi connectivity index (χ4v) is 3.85. The van der Waals surface area contributed by atoms with Gasteiger partial charge in [0.05, 0.1) is 18.5 Å². The van der Waals surface area contributed by atoms with Crippen LogP contribution in [0, 0.1) is 0 Å². The zero-order valence-electron chi connectivity index (χ0n) is 20.7. The summed E-state index contributed by atoms with van der Waals surface area (Å²) in [5.41, 5.74) is 4.89. The minimum atomic E-state index is -0.149. The van der Waals surface area contributed by atoms with Gasteiger partial charge in [0.2, 0.25) is 5.95 Å². The molecule has 0 atom stereocenters. The van der Waals surface area contributed by atoms with Crippen molar-refractivity contribution < 1.29 is 9.84 Å². The number of benzene rings is 2. The van der Waals surface area contributed by atoms with Crippen LogP contribution in [0.3, 0.4) is 0 Å². The molecule has 0 amide bonds. The predicted molar refractivity (Wildman–Crippen MR) is 133 cm³/mol. The Morgan fingerprint density at radius 1 is 0.969 bits per heavy atom. The summed E-state index contributed by atoms with van der Waals surface area (Å²) >= 11 is 0. The van der Waals surface area contributed by atoms with Crippen molar-refractivity contribution in [1.82, 2.24) is 9.55 Å². The maximum Gasteiger partial charge on any atom is 0.203 e. The lowest BCUT2D eigenvalue weighted by atomic mass is 9.78. The summed E-state index contributed by atoms with van der Waals surface area (Å²) in [7, 11) is 2.01. The summed E-state index contributed by atoms with van der Waals surface area (Å²) in [4.78, 5) is 4.60. The maximum atomic E-state index is 11.0. The highest BCUT2D eigenvalue weighted by Crippen LogP contribution is 2.40. The molecule has 2 aromatic carbocycles. The summed E-state index contributed by atoms with van der Waals surface area (Å²) in [6, 6.07) is 12.3. The van der Waals surface area contributed by atoms with Crippen molar-refractivity contribution in [2.45, 2.75) is 65.8 Å². The number of hydrogen-bond acceptors (Lipinski definition) is 4. The SMILES string of the molecule is CCOc1ccc(-c2cnc(NCc3cc(C(C)(C)C)c(O)c(C(C)(C)C)c3)n2C)cc1. The summed E-state index contributed by atoms with van der Waals surface area (Å²) in [6.45, 7) is 16.1. The van der Waals surface area contributed by atoms with Gasteiger partial charge in [0.15, 0.2) is 0 Å². The Balaban J connectivity index is 1.86. The number of hydrogen-bond donors (Lipinski definition) is 2. The van der Waals surface area contributed by atoms with E-state index in [2.05, 4.69) is 80.7 Å². The van der Waals surface area contributed by atoms with Crippen LogP contribution in [0.4, 0.5) is 5.95 Å². The molecule has 0 saturated carbocycles. The van der Waals surface area contributed by atoms with Gasteiger partial charge in [-0.25, -0.2) is 4.98 Å². The molecule has 0 aliphatic rings. The summed E-state index contributed by atoms with van der Waals surface area (Å²) in [5, 5.41) is 14.4. The quantitative estimate of drug-likeness (QED) is 0.470. The van der Waals surface area contributed by atoms with E-state index < -0.39 is 0 Å². The molecule has 0 radical (unpaired) electrons. The monoisotopic (exact) mass is 435 g/mol. The minimum absolute atomic E-state index is 0.149. The molecule has 172 valence electrons. The lowest BCUT2D eigenvalue weighted by Gasteiger charge is -2.28. The molecule has 0 spiro atoms. The van der Waals surface area contributed by atoms with Crippen LogP contribution in [0.2, 0.25) is 0 Å². The molecule has 0 aliphatic carbocycles. The van der Waals surface area contributed by atoms with E-state index in [1.807, 2.05) is 32.3 Å². The van der Waals surface area contributed by atoms with Gasteiger partial charge in [-0.05, 0) is 70.8 Å². The molecule has 0 fully saturated rings. The second-order valence-electron chi connectivity index (χ2n) is 10.4. The highest BCUT2D eigenvalue weighted by atomic mass is 16.5. The van der Waals surface area contributed by atoms with Crippen LogP contribution in [0.5, 0.6) is 11.5 Å². The van der Waals surface area contributed by atoms with E-state index in [1.165, 1.54) is 0 Å². The van der Waals surface area contributed by atoms with Gasteiger partial charge in [-0.3, -0.25) is 0 Å². The van der Waals surface area contributed by atoms with E-state index in [0.717, 1.165) is 39.6 Å². The first-order valence-corrected chi connectivity index (χ1v) is 11.3. The summed E-state index contributed by atoms with van der Waals surface area (Å²) < 4.78 is 7.60. The van der Waals surface area contributed by atoms with Crippen LogP contribution in [-0.4, -0.2) is 21.3 Å². The van der Waals surface area contributed by atoms with Gasteiger partial charge in [0.25, 0.3) is 0 Å². The van der Waals surface area contributed by atoms with Crippen molar-refractivity contribution in [2.75, 3.05) is 11.9 Å². The van der Waals surface area contributed by atoms with Crippen molar-refractivity contribution in [3.63, 3.8) is 0 Å². The number of aromatic nitrogens is 2. The van der Waals surface area contributed by atoms with E-state index in [1.54, 1.807) is 0 Å².